The molecule has 7 nitrogen and oxygen atoms in total. The monoisotopic (exact) mass is 289 g/mol. The molecule has 0 unspecified atom stereocenters. The molecule has 3 N–H and O–H groups in total. The molecule has 1 aromatic heterocycles. The van der Waals surface area contributed by atoms with Crippen molar-refractivity contribution >= 4 is 12.3 Å². The Balaban J connectivity index is 0. The Morgan fingerprint density at radius 2 is 2.37 bits per heavy atom. The van der Waals surface area contributed by atoms with Gasteiger partial charge in [0.15, 0.2) is 0 Å². The topological polar surface area (TPSA) is 104 Å². The van der Waals surface area contributed by atoms with Crippen LogP contribution in [0.4, 0.5) is 4.79 Å². The zero-order valence-electron chi connectivity index (χ0n) is 11.6. The van der Waals surface area contributed by atoms with Crippen LogP contribution in [0.2, 0.25) is 0 Å². The molecular formula is C11H16ClN3O4. The molecule has 0 aliphatic heterocycles. The van der Waals surface area contributed by atoms with Crippen LogP contribution in [0.1, 0.15) is 25.2 Å². The number of amides is 1. The van der Waals surface area contributed by atoms with E-state index in [9.17, 15) is 9.90 Å². The number of rotatable bonds is 4. The summed E-state index contributed by atoms with van der Waals surface area (Å²) in [6.07, 6.45) is 1.97. The number of hydrogen-bond acceptors (Lipinski definition) is 6. The molecule has 0 fully saturated rings. The van der Waals surface area contributed by atoms with Gasteiger partial charge in [-0.25, -0.2) is 10.2 Å². The normalized spacial score (nSPS) is 10.1. The molecule has 0 saturated carbocycles. The molecule has 1 rings (SSSR count). The molecule has 1 aromatic rings. The molecule has 1 amide bonds. The number of aliphatic hydroxyl groups is 1. The van der Waals surface area contributed by atoms with Crippen molar-refractivity contribution in [2.45, 2.75) is 20.5 Å². The van der Waals surface area contributed by atoms with Crippen molar-refractivity contribution < 1.29 is 33.6 Å². The molecule has 8 heteroatoms. The average Bonchev–Trinajstić information content (AvgIpc) is 2.35. The van der Waals surface area contributed by atoms with Gasteiger partial charge in [-0.1, -0.05) is 0 Å². The zero-order valence-corrected chi connectivity index (χ0v) is 11.3. The van der Waals surface area contributed by atoms with Gasteiger partial charge in [-0.15, -0.1) is 0 Å². The Hall–Kier alpha value is -1.86. The number of nitrogens with zero attached hydrogens (tertiary/aromatic N) is 2. The van der Waals surface area contributed by atoms with Crippen molar-refractivity contribution in [3.8, 4) is 5.75 Å². The Morgan fingerprint density at radius 1 is 1.68 bits per heavy atom. The summed E-state index contributed by atoms with van der Waals surface area (Å²) in [5.41, 5.74) is 3.25. The minimum absolute atomic E-state index is 0. The lowest BCUT2D eigenvalue weighted by Crippen LogP contribution is -3.00. The fraction of sp³-hybridized carbons (Fsp3) is 0.364. The fourth-order valence-electron chi connectivity index (χ4n) is 1.24. The lowest BCUT2D eigenvalue weighted by Gasteiger charge is -2.06. The second-order valence-corrected chi connectivity index (χ2v) is 3.38. The quantitative estimate of drug-likeness (QED) is 0.430. The largest absolute Gasteiger partial charge is 1.00 e. The third-order valence-electron chi connectivity index (χ3n) is 2.15. The third kappa shape index (κ3) is 4.72. The lowest BCUT2D eigenvalue weighted by atomic mass is 10.1. The van der Waals surface area contributed by atoms with Gasteiger partial charge in [-0.2, -0.15) is 5.10 Å². The minimum Gasteiger partial charge on any atom is -1.00 e. The number of hydrogen-bond donors (Lipinski definition) is 3. The summed E-state index contributed by atoms with van der Waals surface area (Å²) < 4.78 is 4.60. The molecule has 0 aliphatic carbocycles. The first-order chi connectivity index (χ1) is 8.60. The number of nitrogens with one attached hydrogen (secondary N) is 1. The van der Waals surface area contributed by atoms with E-state index in [0.29, 0.717) is 16.8 Å². The van der Waals surface area contributed by atoms with Crippen molar-refractivity contribution in [2.24, 2.45) is 5.10 Å². The summed E-state index contributed by atoms with van der Waals surface area (Å²) in [5.74, 6) is -0.0871. The van der Waals surface area contributed by atoms with E-state index in [1.54, 1.807) is 13.8 Å². The van der Waals surface area contributed by atoms with Crippen LogP contribution >= 0.6 is 0 Å². The van der Waals surface area contributed by atoms with Crippen LogP contribution in [0, 0.1) is 6.92 Å². The van der Waals surface area contributed by atoms with Gasteiger partial charge in [0.25, 0.3) is 0 Å². The standard InChI is InChI=1S/C11H15N3O4.ClH/c1-3-18-11(17)14-13-5-9-8(6-15)4-12-7(2)10(9)16;/h4-5,15-16H,3,6H2,1-2H3,(H,14,17);1H/b13-5+;. The van der Waals surface area contributed by atoms with Crippen LogP contribution in [-0.4, -0.2) is 34.1 Å². The second-order valence-electron chi connectivity index (χ2n) is 3.38. The minimum atomic E-state index is -0.690. The van der Waals surface area contributed by atoms with E-state index in [1.165, 1.54) is 12.4 Å². The first-order valence-electron chi connectivity index (χ1n) is 5.34. The fourth-order valence-corrected chi connectivity index (χ4v) is 1.24. The molecule has 0 bridgehead atoms. The molecule has 106 valence electrons. The average molecular weight is 290 g/mol. The highest BCUT2D eigenvalue weighted by molar-refractivity contribution is 5.86. The summed E-state index contributed by atoms with van der Waals surface area (Å²) >= 11 is 0. The van der Waals surface area contributed by atoms with E-state index in [0.717, 1.165) is 0 Å². The summed E-state index contributed by atoms with van der Waals surface area (Å²) in [4.78, 5) is 14.9. The summed E-state index contributed by atoms with van der Waals surface area (Å²) in [7, 11) is 0. The summed E-state index contributed by atoms with van der Waals surface area (Å²) in [6.45, 7) is 3.24. The van der Waals surface area contributed by atoms with Crippen LogP contribution in [0.15, 0.2) is 11.3 Å². The zero-order chi connectivity index (χ0) is 13.5. The number of aryl methyl sites for hydroxylation is 1. The van der Waals surface area contributed by atoms with Gasteiger partial charge < -0.3 is 27.4 Å². The number of aromatic nitrogens is 1. The summed E-state index contributed by atoms with van der Waals surface area (Å²) in [6, 6.07) is 0. The Labute approximate surface area is 118 Å². The highest BCUT2D eigenvalue weighted by Gasteiger charge is 2.09. The number of pyridine rings is 1. The van der Waals surface area contributed by atoms with Crippen LogP contribution in [0.5, 0.6) is 5.75 Å². The van der Waals surface area contributed by atoms with Gasteiger partial charge in [-0.05, 0) is 13.8 Å². The Bertz CT molecular complexity index is 471. The van der Waals surface area contributed by atoms with Crippen LogP contribution in [0.3, 0.4) is 0 Å². The van der Waals surface area contributed by atoms with Gasteiger partial charge in [0.2, 0.25) is 0 Å². The molecule has 0 aromatic carbocycles. The number of ether oxygens (including phenoxy) is 1. The first kappa shape index (κ1) is 17.1. The third-order valence-corrected chi connectivity index (χ3v) is 2.15. The lowest BCUT2D eigenvalue weighted by molar-refractivity contribution is -0.0000119. The Kier molecular flexibility index (Phi) is 7.47. The van der Waals surface area contributed by atoms with E-state index in [-0.39, 0.29) is 32.8 Å². The summed E-state index contributed by atoms with van der Waals surface area (Å²) in [5, 5.41) is 22.5. The van der Waals surface area contributed by atoms with E-state index >= 15 is 0 Å². The molecule has 0 atom stereocenters. The molecule has 0 spiro atoms. The van der Waals surface area contributed by atoms with Gasteiger partial charge in [0.1, 0.15) is 5.75 Å². The second kappa shape index (κ2) is 8.28. The van der Waals surface area contributed by atoms with Crippen molar-refractivity contribution in [3.05, 3.63) is 23.0 Å². The maximum Gasteiger partial charge on any atom is 1.00 e. The molecule has 19 heavy (non-hydrogen) atoms. The van der Waals surface area contributed by atoms with Crippen molar-refractivity contribution in [1.29, 1.82) is 0 Å². The highest BCUT2D eigenvalue weighted by atomic mass is 35.5. The van der Waals surface area contributed by atoms with Gasteiger partial charge in [0, 0.05) is 17.3 Å². The van der Waals surface area contributed by atoms with Gasteiger partial charge >= 0.3 is 7.52 Å². The van der Waals surface area contributed by atoms with Crippen molar-refractivity contribution in [1.82, 2.24) is 10.4 Å². The molecule has 0 radical (unpaired) electrons. The number of carbonyl (C=O) groups excluding carboxylic acids is 1. The highest BCUT2D eigenvalue weighted by Crippen LogP contribution is 2.21. The number of aromatic hydroxyl groups is 1. The molecular weight excluding hydrogens is 274 g/mol. The Morgan fingerprint density at radius 3 is 2.95 bits per heavy atom. The smallest absolute Gasteiger partial charge is 1.00 e. The van der Waals surface area contributed by atoms with Crippen LogP contribution < -0.4 is 17.8 Å². The van der Waals surface area contributed by atoms with Gasteiger partial charge in [-0.3, -0.25) is 4.98 Å². The van der Waals surface area contributed by atoms with Crippen molar-refractivity contribution in [2.75, 3.05) is 6.61 Å². The van der Waals surface area contributed by atoms with Crippen LogP contribution in [0.25, 0.3) is 0 Å². The number of halogens is 1. The van der Waals surface area contributed by atoms with Crippen molar-refractivity contribution in [3.63, 3.8) is 0 Å². The van der Waals surface area contributed by atoms with Crippen LogP contribution in [-0.2, 0) is 11.3 Å². The van der Waals surface area contributed by atoms with E-state index in [4.69, 9.17) is 5.11 Å². The molecule has 0 saturated heterocycles. The maximum atomic E-state index is 11.0. The van der Waals surface area contributed by atoms with E-state index in [2.05, 4.69) is 20.2 Å². The predicted molar refractivity (Wildman–Crippen MR) is 65.4 cm³/mol. The predicted octanol–water partition coefficient (Wildman–Crippen LogP) is -2.22. The van der Waals surface area contributed by atoms with E-state index in [1.807, 2.05) is 0 Å². The van der Waals surface area contributed by atoms with E-state index < -0.39 is 6.09 Å². The number of carbonyl (C=O) groups is 1. The van der Waals surface area contributed by atoms with Gasteiger partial charge in [0.05, 0.1) is 25.1 Å². The SMILES string of the molecule is CCOC(=O)N/N=C/c1c(CO)cnc(C)c1O.[Cl-].[H+]. The first-order valence-corrected chi connectivity index (χ1v) is 5.34. The number of hydrazone groups is 1. The molecule has 1 heterocycles. The molecule has 0 aliphatic rings. The maximum absolute atomic E-state index is 11.0. The number of aliphatic hydroxyl groups excluding tert-OH is 1.